The van der Waals surface area contributed by atoms with Crippen LogP contribution in [0.3, 0.4) is 0 Å². The first kappa shape index (κ1) is 13.7. The van der Waals surface area contributed by atoms with Crippen molar-refractivity contribution in [2.45, 2.75) is 32.9 Å². The third-order valence-electron chi connectivity index (χ3n) is 2.93. The zero-order valence-electron chi connectivity index (χ0n) is 11.6. The predicted molar refractivity (Wildman–Crippen MR) is 80.4 cm³/mol. The Morgan fingerprint density at radius 1 is 1.28 bits per heavy atom. The van der Waals surface area contributed by atoms with E-state index in [9.17, 15) is 0 Å². The molecule has 0 amide bonds. The SMILES string of the molecule is CC(C)(C)NCc1cccc(N2CCSCC2)n1. The highest BCUT2D eigenvalue weighted by atomic mass is 32.2. The first-order chi connectivity index (χ1) is 8.54. The molecule has 1 N–H and O–H groups in total. The van der Waals surface area contributed by atoms with Crippen molar-refractivity contribution < 1.29 is 0 Å². The van der Waals surface area contributed by atoms with E-state index >= 15 is 0 Å². The molecule has 0 aromatic carbocycles. The lowest BCUT2D eigenvalue weighted by molar-refractivity contribution is 0.421. The van der Waals surface area contributed by atoms with Crippen LogP contribution in [-0.4, -0.2) is 35.1 Å². The molecule has 100 valence electrons. The molecule has 0 radical (unpaired) electrons. The maximum atomic E-state index is 4.75. The van der Waals surface area contributed by atoms with Crippen molar-refractivity contribution >= 4 is 17.6 Å². The highest BCUT2D eigenvalue weighted by molar-refractivity contribution is 7.99. The molecular formula is C14H23N3S. The number of aromatic nitrogens is 1. The fourth-order valence-electron chi connectivity index (χ4n) is 1.89. The Kier molecular flexibility index (Phi) is 4.51. The quantitative estimate of drug-likeness (QED) is 0.909. The molecule has 1 saturated heterocycles. The lowest BCUT2D eigenvalue weighted by Gasteiger charge is -2.28. The van der Waals surface area contributed by atoms with Gasteiger partial charge in [-0.2, -0.15) is 11.8 Å². The molecule has 2 heterocycles. The molecule has 18 heavy (non-hydrogen) atoms. The third kappa shape index (κ3) is 4.18. The molecule has 1 aliphatic heterocycles. The average Bonchev–Trinajstić information content (AvgIpc) is 2.37. The van der Waals surface area contributed by atoms with Crippen molar-refractivity contribution in [3.63, 3.8) is 0 Å². The molecule has 0 bridgehead atoms. The van der Waals surface area contributed by atoms with Crippen LogP contribution < -0.4 is 10.2 Å². The van der Waals surface area contributed by atoms with Gasteiger partial charge in [-0.25, -0.2) is 4.98 Å². The Labute approximate surface area is 114 Å². The highest BCUT2D eigenvalue weighted by Gasteiger charge is 2.13. The number of hydrogen-bond acceptors (Lipinski definition) is 4. The van der Waals surface area contributed by atoms with E-state index in [0.717, 1.165) is 31.1 Å². The maximum Gasteiger partial charge on any atom is 0.128 e. The summed E-state index contributed by atoms with van der Waals surface area (Å²) in [4.78, 5) is 7.14. The fraction of sp³-hybridized carbons (Fsp3) is 0.643. The van der Waals surface area contributed by atoms with Gasteiger partial charge in [-0.05, 0) is 32.9 Å². The molecule has 0 unspecified atom stereocenters. The summed E-state index contributed by atoms with van der Waals surface area (Å²) in [7, 11) is 0. The van der Waals surface area contributed by atoms with E-state index in [1.807, 2.05) is 11.8 Å². The van der Waals surface area contributed by atoms with Gasteiger partial charge >= 0.3 is 0 Å². The Morgan fingerprint density at radius 2 is 2.00 bits per heavy atom. The van der Waals surface area contributed by atoms with E-state index < -0.39 is 0 Å². The van der Waals surface area contributed by atoms with Crippen molar-refractivity contribution in [2.24, 2.45) is 0 Å². The maximum absolute atomic E-state index is 4.75. The zero-order chi connectivity index (χ0) is 13.0. The topological polar surface area (TPSA) is 28.2 Å². The molecule has 0 atom stereocenters. The van der Waals surface area contributed by atoms with Crippen LogP contribution in [0.2, 0.25) is 0 Å². The number of nitrogens with one attached hydrogen (secondary N) is 1. The second-order valence-corrected chi connectivity index (χ2v) is 6.91. The van der Waals surface area contributed by atoms with E-state index in [-0.39, 0.29) is 5.54 Å². The minimum atomic E-state index is 0.138. The largest absolute Gasteiger partial charge is 0.355 e. The fourth-order valence-corrected chi connectivity index (χ4v) is 2.79. The van der Waals surface area contributed by atoms with Crippen LogP contribution in [0.4, 0.5) is 5.82 Å². The Balaban J connectivity index is 2.00. The van der Waals surface area contributed by atoms with Crippen LogP contribution in [0.25, 0.3) is 0 Å². The monoisotopic (exact) mass is 265 g/mol. The van der Waals surface area contributed by atoms with Gasteiger partial charge < -0.3 is 10.2 Å². The Morgan fingerprint density at radius 3 is 2.67 bits per heavy atom. The van der Waals surface area contributed by atoms with Crippen LogP contribution in [0.15, 0.2) is 18.2 Å². The highest BCUT2D eigenvalue weighted by Crippen LogP contribution is 2.17. The standard InChI is InChI=1S/C14H23N3S/c1-14(2,3)15-11-12-5-4-6-13(16-12)17-7-9-18-10-8-17/h4-6,15H,7-11H2,1-3H3. The van der Waals surface area contributed by atoms with Gasteiger partial charge in [0.1, 0.15) is 5.82 Å². The summed E-state index contributed by atoms with van der Waals surface area (Å²) >= 11 is 2.03. The number of anilines is 1. The molecule has 1 aromatic rings. The van der Waals surface area contributed by atoms with E-state index in [1.54, 1.807) is 0 Å². The summed E-state index contributed by atoms with van der Waals surface area (Å²) in [6, 6.07) is 6.33. The minimum absolute atomic E-state index is 0.138. The lowest BCUT2D eigenvalue weighted by Crippen LogP contribution is -2.36. The Hall–Kier alpha value is -0.740. The van der Waals surface area contributed by atoms with E-state index in [1.165, 1.54) is 11.5 Å². The van der Waals surface area contributed by atoms with Crippen molar-refractivity contribution in [1.82, 2.24) is 10.3 Å². The number of hydrogen-bond donors (Lipinski definition) is 1. The molecule has 0 saturated carbocycles. The summed E-state index contributed by atoms with van der Waals surface area (Å²) < 4.78 is 0. The summed E-state index contributed by atoms with van der Waals surface area (Å²) in [5, 5.41) is 3.48. The average molecular weight is 265 g/mol. The van der Waals surface area contributed by atoms with Crippen LogP contribution >= 0.6 is 11.8 Å². The molecule has 0 aliphatic carbocycles. The molecule has 1 fully saturated rings. The van der Waals surface area contributed by atoms with E-state index in [2.05, 4.69) is 49.2 Å². The van der Waals surface area contributed by atoms with Crippen LogP contribution in [0.5, 0.6) is 0 Å². The zero-order valence-corrected chi connectivity index (χ0v) is 12.4. The van der Waals surface area contributed by atoms with Crippen molar-refractivity contribution in [3.05, 3.63) is 23.9 Å². The summed E-state index contributed by atoms with van der Waals surface area (Å²) in [5.41, 5.74) is 1.26. The molecule has 1 aromatic heterocycles. The van der Waals surface area contributed by atoms with Crippen LogP contribution in [-0.2, 0) is 6.54 Å². The molecule has 2 rings (SSSR count). The van der Waals surface area contributed by atoms with E-state index in [0.29, 0.717) is 0 Å². The lowest BCUT2D eigenvalue weighted by atomic mass is 10.1. The normalized spacial score (nSPS) is 16.9. The molecule has 0 spiro atoms. The molecule has 3 nitrogen and oxygen atoms in total. The summed E-state index contributed by atoms with van der Waals surface area (Å²) in [6.45, 7) is 9.61. The van der Waals surface area contributed by atoms with Gasteiger partial charge in [0, 0.05) is 36.7 Å². The number of pyridine rings is 1. The van der Waals surface area contributed by atoms with E-state index in [4.69, 9.17) is 4.98 Å². The minimum Gasteiger partial charge on any atom is -0.355 e. The van der Waals surface area contributed by atoms with Gasteiger partial charge in [0.25, 0.3) is 0 Å². The number of rotatable bonds is 3. The van der Waals surface area contributed by atoms with Gasteiger partial charge in [0.2, 0.25) is 0 Å². The molecule has 4 heteroatoms. The number of nitrogens with zero attached hydrogens (tertiary/aromatic N) is 2. The van der Waals surface area contributed by atoms with Gasteiger partial charge in [-0.3, -0.25) is 0 Å². The summed E-state index contributed by atoms with van der Waals surface area (Å²) in [6.07, 6.45) is 0. The van der Waals surface area contributed by atoms with Gasteiger partial charge in [0.15, 0.2) is 0 Å². The second kappa shape index (κ2) is 5.93. The third-order valence-corrected chi connectivity index (χ3v) is 3.87. The first-order valence-corrected chi connectivity index (χ1v) is 7.74. The number of thioether (sulfide) groups is 1. The smallest absolute Gasteiger partial charge is 0.128 e. The van der Waals surface area contributed by atoms with Gasteiger partial charge in [0.05, 0.1) is 5.69 Å². The second-order valence-electron chi connectivity index (χ2n) is 5.69. The van der Waals surface area contributed by atoms with Crippen LogP contribution in [0.1, 0.15) is 26.5 Å². The predicted octanol–water partition coefficient (Wildman–Crippen LogP) is 2.52. The van der Waals surface area contributed by atoms with Crippen molar-refractivity contribution in [3.8, 4) is 0 Å². The summed E-state index contributed by atoms with van der Waals surface area (Å²) in [5.74, 6) is 3.56. The Bertz CT molecular complexity index is 381. The van der Waals surface area contributed by atoms with Gasteiger partial charge in [-0.1, -0.05) is 6.07 Å². The van der Waals surface area contributed by atoms with Crippen molar-refractivity contribution in [1.29, 1.82) is 0 Å². The molecule has 1 aliphatic rings. The van der Waals surface area contributed by atoms with Crippen molar-refractivity contribution in [2.75, 3.05) is 29.5 Å². The first-order valence-electron chi connectivity index (χ1n) is 6.58. The van der Waals surface area contributed by atoms with Crippen LogP contribution in [0, 0.1) is 0 Å². The molecular weight excluding hydrogens is 242 g/mol. The van der Waals surface area contributed by atoms with Gasteiger partial charge in [-0.15, -0.1) is 0 Å².